The highest BCUT2D eigenvalue weighted by molar-refractivity contribution is 6.08. The van der Waals surface area contributed by atoms with Crippen molar-refractivity contribution in [3.63, 3.8) is 0 Å². The van der Waals surface area contributed by atoms with Gasteiger partial charge in [-0.3, -0.25) is 4.79 Å². The summed E-state index contributed by atoms with van der Waals surface area (Å²) in [5.74, 6) is 1.41. The van der Waals surface area contributed by atoms with Crippen LogP contribution in [-0.2, 0) is 0 Å². The van der Waals surface area contributed by atoms with Gasteiger partial charge in [-0.05, 0) is 62.4 Å². The third kappa shape index (κ3) is 4.36. The highest BCUT2D eigenvalue weighted by Gasteiger charge is 2.26. The third-order valence-electron chi connectivity index (χ3n) is 7.25. The van der Waals surface area contributed by atoms with E-state index in [0.717, 1.165) is 35.6 Å². The van der Waals surface area contributed by atoms with Crippen LogP contribution in [0, 0.1) is 6.92 Å². The molecule has 2 aliphatic rings. The zero-order chi connectivity index (χ0) is 24.6. The van der Waals surface area contributed by atoms with Gasteiger partial charge in [0.1, 0.15) is 17.8 Å². The number of aryl methyl sites for hydroxylation is 1. The van der Waals surface area contributed by atoms with Crippen molar-refractivity contribution in [2.75, 3.05) is 11.1 Å². The van der Waals surface area contributed by atoms with Gasteiger partial charge in [0.25, 0.3) is 5.91 Å². The van der Waals surface area contributed by atoms with E-state index in [1.54, 1.807) is 18.7 Å². The summed E-state index contributed by atoms with van der Waals surface area (Å²) in [5, 5.41) is 11.4. The fraction of sp³-hybridized carbons (Fsp3) is 0.370. The smallest absolute Gasteiger partial charge is 0.258 e. The van der Waals surface area contributed by atoms with E-state index in [1.807, 2.05) is 42.0 Å². The predicted molar refractivity (Wildman–Crippen MR) is 138 cm³/mol. The number of imidazole rings is 1. The van der Waals surface area contributed by atoms with Gasteiger partial charge >= 0.3 is 0 Å². The van der Waals surface area contributed by atoms with Crippen LogP contribution in [0.15, 0.2) is 49.2 Å². The number of aromatic nitrogens is 6. The van der Waals surface area contributed by atoms with Crippen LogP contribution in [0.3, 0.4) is 0 Å². The minimum Gasteiger partial charge on any atom is -0.398 e. The number of hydrogen-bond donors (Lipinski definition) is 2. The first-order valence-electron chi connectivity index (χ1n) is 12.7. The number of amides is 1. The van der Waals surface area contributed by atoms with E-state index in [0.29, 0.717) is 34.7 Å². The number of nitrogen functional groups attached to an aromatic ring is 1. The normalized spacial score (nSPS) is 16.2. The Morgan fingerprint density at radius 2 is 1.92 bits per heavy atom. The minimum absolute atomic E-state index is 0.310. The van der Waals surface area contributed by atoms with Crippen molar-refractivity contribution in [3.05, 3.63) is 66.0 Å². The average molecular weight is 483 g/mol. The molecule has 3 heterocycles. The molecule has 3 N–H and O–H groups in total. The van der Waals surface area contributed by atoms with Gasteiger partial charge < -0.3 is 20.2 Å². The Kier molecular flexibility index (Phi) is 5.75. The number of nitrogens with two attached hydrogens (primary N) is 1. The highest BCUT2D eigenvalue weighted by atomic mass is 16.1. The first kappa shape index (κ1) is 22.5. The van der Waals surface area contributed by atoms with Crippen molar-refractivity contribution in [2.24, 2.45) is 0 Å². The van der Waals surface area contributed by atoms with Crippen LogP contribution in [0.2, 0.25) is 0 Å². The Bertz CT molecular complexity index is 1410. The Balaban J connectivity index is 1.25. The molecule has 2 saturated carbocycles. The largest absolute Gasteiger partial charge is 0.398 e. The number of rotatable bonds is 6. The van der Waals surface area contributed by atoms with Crippen molar-refractivity contribution in [1.29, 1.82) is 0 Å². The van der Waals surface area contributed by atoms with Gasteiger partial charge in [0.15, 0.2) is 5.82 Å². The van der Waals surface area contributed by atoms with Gasteiger partial charge in [0.2, 0.25) is 0 Å². The molecular weight excluding hydrogens is 452 g/mol. The molecule has 36 heavy (non-hydrogen) atoms. The molecule has 1 aromatic carbocycles. The molecule has 0 spiro atoms. The topological polar surface area (TPSA) is 117 Å². The SMILES string of the molecule is Cc1cc(N)c(C(=O)Nc2cccc(-c3nncn3C3CCCCC3)n2)cc1-n1cnc(C2CC2)c1. The molecule has 2 aliphatic carbocycles. The molecule has 9 heteroatoms. The molecule has 184 valence electrons. The van der Waals surface area contributed by atoms with Crippen molar-refractivity contribution in [3.8, 4) is 17.2 Å². The van der Waals surface area contributed by atoms with E-state index in [9.17, 15) is 4.79 Å². The van der Waals surface area contributed by atoms with E-state index in [1.165, 1.54) is 32.1 Å². The Hall–Kier alpha value is -4.01. The lowest BCUT2D eigenvalue weighted by Crippen LogP contribution is -2.16. The summed E-state index contributed by atoms with van der Waals surface area (Å²) in [6.07, 6.45) is 14.0. The van der Waals surface area contributed by atoms with Gasteiger partial charge in [0.05, 0.1) is 23.3 Å². The first-order valence-corrected chi connectivity index (χ1v) is 12.7. The molecule has 0 atom stereocenters. The maximum atomic E-state index is 13.3. The number of benzene rings is 1. The number of nitrogens with one attached hydrogen (secondary N) is 1. The number of carbonyl (C=O) groups is 1. The van der Waals surface area contributed by atoms with Crippen molar-refractivity contribution in [2.45, 2.75) is 63.8 Å². The Morgan fingerprint density at radius 1 is 1.08 bits per heavy atom. The molecule has 0 bridgehead atoms. The van der Waals surface area contributed by atoms with E-state index in [-0.39, 0.29) is 5.91 Å². The quantitative estimate of drug-likeness (QED) is 0.371. The molecule has 2 fully saturated rings. The number of hydrogen-bond acceptors (Lipinski definition) is 6. The second-order valence-electron chi connectivity index (χ2n) is 9.92. The van der Waals surface area contributed by atoms with Crippen molar-refractivity contribution < 1.29 is 4.79 Å². The number of pyridine rings is 1. The summed E-state index contributed by atoms with van der Waals surface area (Å²) < 4.78 is 4.09. The summed E-state index contributed by atoms with van der Waals surface area (Å²) in [4.78, 5) is 22.5. The summed E-state index contributed by atoms with van der Waals surface area (Å²) >= 11 is 0. The van der Waals surface area contributed by atoms with E-state index in [2.05, 4.69) is 30.0 Å². The molecule has 9 nitrogen and oxygen atoms in total. The number of anilines is 2. The second-order valence-corrected chi connectivity index (χ2v) is 9.92. The van der Waals surface area contributed by atoms with E-state index >= 15 is 0 Å². The Morgan fingerprint density at radius 3 is 2.72 bits per heavy atom. The van der Waals surface area contributed by atoms with Gasteiger partial charge in [-0.15, -0.1) is 10.2 Å². The average Bonchev–Trinajstić information content (AvgIpc) is 3.41. The fourth-order valence-corrected chi connectivity index (χ4v) is 5.12. The molecule has 0 unspecified atom stereocenters. The second kappa shape index (κ2) is 9.22. The van der Waals surface area contributed by atoms with Crippen LogP contribution >= 0.6 is 0 Å². The molecule has 3 aromatic heterocycles. The third-order valence-corrected chi connectivity index (χ3v) is 7.25. The number of nitrogens with zero attached hydrogens (tertiary/aromatic N) is 6. The van der Waals surface area contributed by atoms with Gasteiger partial charge in [-0.2, -0.15) is 0 Å². The molecule has 1 amide bonds. The van der Waals surface area contributed by atoms with Crippen molar-refractivity contribution in [1.82, 2.24) is 29.3 Å². The van der Waals surface area contributed by atoms with Crippen LogP contribution in [0.25, 0.3) is 17.2 Å². The van der Waals surface area contributed by atoms with Crippen LogP contribution in [-0.4, -0.2) is 35.2 Å². The zero-order valence-electron chi connectivity index (χ0n) is 20.4. The minimum atomic E-state index is -0.310. The van der Waals surface area contributed by atoms with Crippen LogP contribution in [0.1, 0.15) is 78.5 Å². The highest BCUT2D eigenvalue weighted by Crippen LogP contribution is 2.39. The maximum Gasteiger partial charge on any atom is 0.258 e. The standard InChI is InChI=1S/C27H30N8O/c1-17-12-21(28)20(13-24(17)34-14-23(29-15-34)18-10-11-18)27(36)32-25-9-5-8-22(31-25)26-33-30-16-35(26)19-6-3-2-4-7-19/h5,8-9,12-16,18-19H,2-4,6-7,10-11,28H2,1H3,(H,31,32,36). The summed E-state index contributed by atoms with van der Waals surface area (Å²) in [5.41, 5.74) is 10.7. The van der Waals surface area contributed by atoms with Crippen molar-refractivity contribution >= 4 is 17.4 Å². The van der Waals surface area contributed by atoms with E-state index < -0.39 is 0 Å². The Labute approximate surface area is 209 Å². The monoisotopic (exact) mass is 482 g/mol. The maximum absolute atomic E-state index is 13.3. The molecule has 0 saturated heterocycles. The summed E-state index contributed by atoms with van der Waals surface area (Å²) in [7, 11) is 0. The molecule has 6 rings (SSSR count). The zero-order valence-corrected chi connectivity index (χ0v) is 20.4. The van der Waals surface area contributed by atoms with Gasteiger partial charge in [0, 0.05) is 23.8 Å². The fourth-order valence-electron chi connectivity index (χ4n) is 5.12. The number of carbonyl (C=O) groups excluding carboxylic acids is 1. The van der Waals surface area contributed by atoms with Crippen LogP contribution in [0.4, 0.5) is 11.5 Å². The molecule has 4 aromatic rings. The molecule has 0 aliphatic heterocycles. The summed E-state index contributed by atoms with van der Waals surface area (Å²) in [6.45, 7) is 1.98. The molecular formula is C27H30N8O. The van der Waals surface area contributed by atoms with Gasteiger partial charge in [-0.1, -0.05) is 25.3 Å². The summed E-state index contributed by atoms with van der Waals surface area (Å²) in [6, 6.07) is 9.57. The lowest BCUT2D eigenvalue weighted by atomic mass is 9.95. The van der Waals surface area contributed by atoms with E-state index in [4.69, 9.17) is 5.73 Å². The molecule has 0 radical (unpaired) electrons. The predicted octanol–water partition coefficient (Wildman–Crippen LogP) is 5.05. The van der Waals surface area contributed by atoms with Crippen LogP contribution in [0.5, 0.6) is 0 Å². The van der Waals surface area contributed by atoms with Crippen LogP contribution < -0.4 is 11.1 Å². The lowest BCUT2D eigenvalue weighted by molar-refractivity contribution is 0.102. The van der Waals surface area contributed by atoms with Gasteiger partial charge in [-0.25, -0.2) is 9.97 Å². The lowest BCUT2D eigenvalue weighted by Gasteiger charge is -2.23. The first-order chi connectivity index (χ1) is 17.6.